The third-order valence-corrected chi connectivity index (χ3v) is 5.50. The van der Waals surface area contributed by atoms with Gasteiger partial charge in [-0.1, -0.05) is 12.8 Å². The van der Waals surface area contributed by atoms with Crippen molar-refractivity contribution in [1.29, 1.82) is 0 Å². The van der Waals surface area contributed by atoms with Crippen LogP contribution >= 0.6 is 0 Å². The minimum atomic E-state index is -3.48. The molecule has 1 fully saturated rings. The molecule has 0 aliphatic heterocycles. The Bertz CT molecular complexity index is 589. The van der Waals surface area contributed by atoms with E-state index in [0.29, 0.717) is 5.69 Å². The molecule has 1 aliphatic rings. The third-order valence-electron chi connectivity index (χ3n) is 4.09. The van der Waals surface area contributed by atoms with E-state index in [1.54, 1.807) is 6.07 Å². The summed E-state index contributed by atoms with van der Waals surface area (Å²) in [4.78, 5) is 0.149. The van der Waals surface area contributed by atoms with Gasteiger partial charge >= 0.3 is 0 Å². The first-order valence-corrected chi connectivity index (χ1v) is 8.66. The summed E-state index contributed by atoms with van der Waals surface area (Å²) in [5, 5.41) is 12.8. The van der Waals surface area contributed by atoms with Gasteiger partial charge in [-0.05, 0) is 38.1 Å². The molecule has 21 heavy (non-hydrogen) atoms. The first-order valence-electron chi connectivity index (χ1n) is 7.18. The third kappa shape index (κ3) is 3.66. The van der Waals surface area contributed by atoms with Crippen LogP contribution in [0.4, 0.5) is 11.4 Å². The van der Waals surface area contributed by atoms with Crippen molar-refractivity contribution in [2.45, 2.75) is 36.6 Å². The van der Waals surface area contributed by atoms with Crippen molar-refractivity contribution in [3.05, 3.63) is 18.2 Å². The lowest BCUT2D eigenvalue weighted by Crippen LogP contribution is -2.34. The van der Waals surface area contributed by atoms with Crippen LogP contribution in [0.5, 0.6) is 0 Å². The maximum absolute atomic E-state index is 11.7. The van der Waals surface area contributed by atoms with Crippen LogP contribution < -0.4 is 15.8 Å². The van der Waals surface area contributed by atoms with Gasteiger partial charge in [-0.25, -0.2) is 13.1 Å². The Morgan fingerprint density at radius 2 is 2.05 bits per heavy atom. The fourth-order valence-corrected chi connectivity index (χ4v) is 3.54. The van der Waals surface area contributed by atoms with Crippen LogP contribution in [0, 0.1) is 5.92 Å². The van der Waals surface area contributed by atoms with Gasteiger partial charge in [0.25, 0.3) is 0 Å². The first kappa shape index (κ1) is 16.1. The standard InChI is InChI=1S/C14H23N3O3S/c1-16-21(19,20)11-6-7-14(12(15)8-11)17-13-5-3-2-4-10(13)9-18/h6-8,10,13,16-18H,2-5,9,15H2,1H3. The van der Waals surface area contributed by atoms with E-state index in [1.165, 1.54) is 19.2 Å². The smallest absolute Gasteiger partial charge is 0.240 e. The maximum atomic E-state index is 11.7. The topological polar surface area (TPSA) is 104 Å². The predicted molar refractivity (Wildman–Crippen MR) is 83.6 cm³/mol. The molecular weight excluding hydrogens is 290 g/mol. The lowest BCUT2D eigenvalue weighted by Gasteiger charge is -2.32. The average molecular weight is 313 g/mol. The number of nitrogens with one attached hydrogen (secondary N) is 2. The highest BCUT2D eigenvalue weighted by Gasteiger charge is 2.25. The Morgan fingerprint density at radius 1 is 1.33 bits per heavy atom. The summed E-state index contributed by atoms with van der Waals surface area (Å²) in [6, 6.07) is 4.84. The van der Waals surface area contributed by atoms with Crippen molar-refractivity contribution in [2.75, 3.05) is 24.7 Å². The molecule has 0 spiro atoms. The zero-order valence-electron chi connectivity index (χ0n) is 12.2. The summed E-state index contributed by atoms with van der Waals surface area (Å²) in [5.74, 6) is 0.221. The van der Waals surface area contributed by atoms with E-state index in [1.807, 2.05) is 0 Å². The van der Waals surface area contributed by atoms with Crippen LogP contribution in [0.1, 0.15) is 25.7 Å². The summed E-state index contributed by atoms with van der Waals surface area (Å²) in [7, 11) is -2.12. The minimum Gasteiger partial charge on any atom is -0.397 e. The second kappa shape index (κ2) is 6.64. The summed E-state index contributed by atoms with van der Waals surface area (Å²) < 4.78 is 25.7. The van der Waals surface area contributed by atoms with E-state index in [4.69, 9.17) is 5.73 Å². The van der Waals surface area contributed by atoms with Crippen LogP contribution in [0.25, 0.3) is 0 Å². The molecule has 2 unspecified atom stereocenters. The Morgan fingerprint density at radius 3 is 2.67 bits per heavy atom. The number of aliphatic hydroxyl groups is 1. The lowest BCUT2D eigenvalue weighted by molar-refractivity contribution is 0.178. The number of hydrogen-bond acceptors (Lipinski definition) is 5. The average Bonchev–Trinajstić information content (AvgIpc) is 2.49. The zero-order chi connectivity index (χ0) is 15.5. The van der Waals surface area contributed by atoms with Crippen LogP contribution in [-0.4, -0.2) is 33.2 Å². The lowest BCUT2D eigenvalue weighted by atomic mass is 9.85. The number of aliphatic hydroxyl groups excluding tert-OH is 1. The number of rotatable bonds is 5. The number of nitrogens with two attached hydrogens (primary N) is 1. The molecule has 0 amide bonds. The monoisotopic (exact) mass is 313 g/mol. The molecule has 118 valence electrons. The number of hydrogen-bond donors (Lipinski definition) is 4. The molecule has 5 N–H and O–H groups in total. The number of nitrogen functional groups attached to an aromatic ring is 1. The highest BCUT2D eigenvalue weighted by molar-refractivity contribution is 7.89. The van der Waals surface area contributed by atoms with Crippen LogP contribution in [0.15, 0.2) is 23.1 Å². The molecular formula is C14H23N3O3S. The van der Waals surface area contributed by atoms with Crippen LogP contribution in [-0.2, 0) is 10.0 Å². The summed E-state index contributed by atoms with van der Waals surface area (Å²) in [6.07, 6.45) is 4.25. The summed E-state index contributed by atoms with van der Waals surface area (Å²) >= 11 is 0. The minimum absolute atomic E-state index is 0.149. The van der Waals surface area contributed by atoms with Gasteiger partial charge in [0.05, 0.1) is 16.3 Å². The highest BCUT2D eigenvalue weighted by Crippen LogP contribution is 2.30. The molecule has 1 aliphatic carbocycles. The second-order valence-corrected chi connectivity index (χ2v) is 7.32. The SMILES string of the molecule is CNS(=O)(=O)c1ccc(NC2CCCCC2CO)c(N)c1. The predicted octanol–water partition coefficient (Wildman–Crippen LogP) is 1.14. The van der Waals surface area contributed by atoms with E-state index >= 15 is 0 Å². The molecule has 2 rings (SSSR count). The summed E-state index contributed by atoms with van der Waals surface area (Å²) in [6.45, 7) is 0.157. The van der Waals surface area contributed by atoms with Gasteiger partial charge < -0.3 is 16.2 Å². The van der Waals surface area contributed by atoms with Gasteiger partial charge in [-0.15, -0.1) is 0 Å². The normalized spacial score (nSPS) is 23.0. The van der Waals surface area contributed by atoms with E-state index in [-0.39, 0.29) is 23.5 Å². The fraction of sp³-hybridized carbons (Fsp3) is 0.571. The molecule has 1 aromatic rings. The molecule has 2 atom stereocenters. The highest BCUT2D eigenvalue weighted by atomic mass is 32.2. The molecule has 6 nitrogen and oxygen atoms in total. The first-order chi connectivity index (χ1) is 9.97. The van der Waals surface area contributed by atoms with Crippen LogP contribution in [0.3, 0.4) is 0 Å². The molecule has 0 bridgehead atoms. The Labute approximate surface area is 125 Å². The fourth-order valence-electron chi connectivity index (χ4n) is 2.77. The summed E-state index contributed by atoms with van der Waals surface area (Å²) in [5.41, 5.74) is 7.07. The quantitative estimate of drug-likeness (QED) is 0.610. The Kier molecular flexibility index (Phi) is 5.08. The number of sulfonamides is 1. The Hall–Kier alpha value is -1.31. The molecule has 0 saturated heterocycles. The molecule has 7 heteroatoms. The number of anilines is 2. The largest absolute Gasteiger partial charge is 0.397 e. The van der Waals surface area contributed by atoms with Crippen molar-refractivity contribution in [2.24, 2.45) is 5.92 Å². The van der Waals surface area contributed by atoms with Gasteiger partial charge in [0.15, 0.2) is 0 Å². The van der Waals surface area contributed by atoms with Gasteiger partial charge in [0.1, 0.15) is 0 Å². The number of benzene rings is 1. The Balaban J connectivity index is 2.18. The second-order valence-electron chi connectivity index (χ2n) is 5.43. The van der Waals surface area contributed by atoms with Crippen molar-refractivity contribution < 1.29 is 13.5 Å². The van der Waals surface area contributed by atoms with Gasteiger partial charge in [-0.3, -0.25) is 0 Å². The molecule has 0 radical (unpaired) electrons. The van der Waals surface area contributed by atoms with E-state index in [9.17, 15) is 13.5 Å². The molecule has 1 saturated carbocycles. The van der Waals surface area contributed by atoms with Gasteiger partial charge in [0.2, 0.25) is 10.0 Å². The van der Waals surface area contributed by atoms with Gasteiger partial charge in [0, 0.05) is 18.6 Å². The molecule has 1 aromatic carbocycles. The van der Waals surface area contributed by atoms with Crippen molar-refractivity contribution >= 4 is 21.4 Å². The maximum Gasteiger partial charge on any atom is 0.240 e. The van der Waals surface area contributed by atoms with Crippen LogP contribution in [0.2, 0.25) is 0 Å². The van der Waals surface area contributed by atoms with E-state index in [2.05, 4.69) is 10.0 Å². The van der Waals surface area contributed by atoms with Crippen molar-refractivity contribution in [3.8, 4) is 0 Å². The van der Waals surface area contributed by atoms with Crippen molar-refractivity contribution in [1.82, 2.24) is 4.72 Å². The molecule has 0 heterocycles. The molecule has 0 aromatic heterocycles. The zero-order valence-corrected chi connectivity index (χ0v) is 13.0. The van der Waals surface area contributed by atoms with E-state index in [0.717, 1.165) is 31.4 Å². The van der Waals surface area contributed by atoms with Crippen molar-refractivity contribution in [3.63, 3.8) is 0 Å². The van der Waals surface area contributed by atoms with E-state index < -0.39 is 10.0 Å². The van der Waals surface area contributed by atoms with Gasteiger partial charge in [-0.2, -0.15) is 0 Å².